The van der Waals surface area contributed by atoms with Crippen molar-refractivity contribution in [1.82, 2.24) is 4.90 Å². The molecule has 5 nitrogen and oxygen atoms in total. The summed E-state index contributed by atoms with van der Waals surface area (Å²) in [6.45, 7) is 0. The summed E-state index contributed by atoms with van der Waals surface area (Å²) < 4.78 is 0. The lowest BCUT2D eigenvalue weighted by molar-refractivity contribution is -0.139. The number of carbonyl (C=O) groups excluding carboxylic acids is 2. The van der Waals surface area contributed by atoms with Crippen molar-refractivity contribution in [3.05, 3.63) is 28.8 Å². The molecule has 1 saturated heterocycles. The number of nitrogens with one attached hydrogen (secondary N) is 1. The number of nitriles is 1. The molecule has 102 valence electrons. The van der Waals surface area contributed by atoms with Gasteiger partial charge < -0.3 is 5.32 Å². The summed E-state index contributed by atoms with van der Waals surface area (Å²) in [7, 11) is 0. The molecule has 2 amide bonds. The van der Waals surface area contributed by atoms with Crippen LogP contribution in [0.1, 0.15) is 24.8 Å². The van der Waals surface area contributed by atoms with Crippen molar-refractivity contribution in [2.45, 2.75) is 31.3 Å². The summed E-state index contributed by atoms with van der Waals surface area (Å²) in [5.74, 6) is -0.285. The summed E-state index contributed by atoms with van der Waals surface area (Å²) in [5.41, 5.74) is 1.02. The molecule has 1 saturated carbocycles. The van der Waals surface area contributed by atoms with Gasteiger partial charge in [0.1, 0.15) is 12.1 Å². The van der Waals surface area contributed by atoms with Crippen molar-refractivity contribution >= 4 is 29.1 Å². The van der Waals surface area contributed by atoms with Crippen molar-refractivity contribution in [1.29, 1.82) is 5.26 Å². The Morgan fingerprint density at radius 3 is 2.70 bits per heavy atom. The molecule has 1 aliphatic carbocycles. The van der Waals surface area contributed by atoms with E-state index in [0.29, 0.717) is 16.3 Å². The fraction of sp³-hybridized carbons (Fsp3) is 0.357. The zero-order valence-electron chi connectivity index (χ0n) is 10.6. The molecule has 0 aromatic heterocycles. The molecule has 0 bridgehead atoms. The third kappa shape index (κ3) is 2.23. The smallest absolute Gasteiger partial charge is 0.252 e. The molecule has 2 fully saturated rings. The minimum absolute atomic E-state index is 0.103. The zero-order chi connectivity index (χ0) is 14.3. The van der Waals surface area contributed by atoms with E-state index in [1.807, 2.05) is 6.07 Å². The predicted octanol–water partition coefficient (Wildman–Crippen LogP) is 1.91. The molecule has 1 aromatic carbocycles. The highest BCUT2D eigenvalue weighted by Crippen LogP contribution is 2.32. The minimum atomic E-state index is -0.535. The van der Waals surface area contributed by atoms with Crippen LogP contribution in [-0.2, 0) is 9.59 Å². The van der Waals surface area contributed by atoms with Gasteiger partial charge in [0.25, 0.3) is 5.91 Å². The normalized spacial score (nSPS) is 22.0. The van der Waals surface area contributed by atoms with Gasteiger partial charge >= 0.3 is 0 Å². The Labute approximate surface area is 121 Å². The standard InChI is InChI=1S/C14H12ClN3O2/c15-11-5-9(2-1-8(11)7-16)17-12-6-13(19)18(14(12)20)10-3-4-10/h1-2,5,10,12,17H,3-4,6H2. The minimum Gasteiger partial charge on any atom is -0.373 e. The second-order valence-corrected chi connectivity index (χ2v) is 5.45. The van der Waals surface area contributed by atoms with E-state index in [1.165, 1.54) is 4.90 Å². The third-order valence-electron chi connectivity index (χ3n) is 3.53. The van der Waals surface area contributed by atoms with Crippen LogP contribution < -0.4 is 5.32 Å². The molecule has 0 spiro atoms. The van der Waals surface area contributed by atoms with Gasteiger partial charge in [-0.2, -0.15) is 5.26 Å². The first-order chi connectivity index (χ1) is 9.60. The lowest BCUT2D eigenvalue weighted by Crippen LogP contribution is -2.36. The Morgan fingerprint density at radius 2 is 2.10 bits per heavy atom. The average Bonchev–Trinajstić information content (AvgIpc) is 3.19. The number of hydrogen-bond acceptors (Lipinski definition) is 4. The first-order valence-corrected chi connectivity index (χ1v) is 6.80. The lowest BCUT2D eigenvalue weighted by Gasteiger charge is -2.15. The van der Waals surface area contributed by atoms with Crippen molar-refractivity contribution in [2.24, 2.45) is 0 Å². The Hall–Kier alpha value is -2.06. The van der Waals surface area contributed by atoms with Gasteiger partial charge in [0, 0.05) is 11.7 Å². The first kappa shape index (κ1) is 12.9. The van der Waals surface area contributed by atoms with Gasteiger partial charge in [0.2, 0.25) is 5.91 Å². The number of rotatable bonds is 3. The van der Waals surface area contributed by atoms with Crippen LogP contribution in [0.2, 0.25) is 5.02 Å². The molecule has 2 aliphatic rings. The second kappa shape index (κ2) is 4.80. The molecule has 1 unspecified atom stereocenters. The topological polar surface area (TPSA) is 73.2 Å². The summed E-state index contributed by atoms with van der Waals surface area (Å²) in [6, 6.07) is 6.41. The highest BCUT2D eigenvalue weighted by molar-refractivity contribution is 6.32. The number of imide groups is 1. The van der Waals surface area contributed by atoms with Gasteiger partial charge in [-0.05, 0) is 31.0 Å². The van der Waals surface area contributed by atoms with Crippen LogP contribution in [0.5, 0.6) is 0 Å². The Morgan fingerprint density at radius 1 is 1.35 bits per heavy atom. The highest BCUT2D eigenvalue weighted by Gasteiger charge is 2.46. The van der Waals surface area contributed by atoms with Gasteiger partial charge in [-0.15, -0.1) is 0 Å². The Balaban J connectivity index is 1.75. The van der Waals surface area contributed by atoms with E-state index in [-0.39, 0.29) is 24.3 Å². The van der Waals surface area contributed by atoms with Crippen LogP contribution in [0.3, 0.4) is 0 Å². The summed E-state index contributed by atoms with van der Waals surface area (Å²) in [4.78, 5) is 25.4. The number of anilines is 1. The van der Waals surface area contributed by atoms with Crippen LogP contribution in [0.15, 0.2) is 18.2 Å². The largest absolute Gasteiger partial charge is 0.373 e. The maximum absolute atomic E-state index is 12.2. The molecule has 0 radical (unpaired) electrons. The fourth-order valence-electron chi connectivity index (χ4n) is 2.38. The second-order valence-electron chi connectivity index (χ2n) is 5.04. The van der Waals surface area contributed by atoms with Crippen molar-refractivity contribution in [2.75, 3.05) is 5.32 Å². The van der Waals surface area contributed by atoms with Crippen LogP contribution >= 0.6 is 11.6 Å². The van der Waals surface area contributed by atoms with E-state index in [4.69, 9.17) is 16.9 Å². The average molecular weight is 290 g/mol. The monoisotopic (exact) mass is 289 g/mol. The van der Waals surface area contributed by atoms with E-state index >= 15 is 0 Å². The molecule has 3 rings (SSSR count). The van der Waals surface area contributed by atoms with Crippen LogP contribution in [0.4, 0.5) is 5.69 Å². The van der Waals surface area contributed by atoms with Crippen LogP contribution in [0.25, 0.3) is 0 Å². The molecule has 1 N–H and O–H groups in total. The van der Waals surface area contributed by atoms with E-state index in [9.17, 15) is 9.59 Å². The predicted molar refractivity (Wildman–Crippen MR) is 73.1 cm³/mol. The molecular formula is C14H12ClN3O2. The van der Waals surface area contributed by atoms with Crippen LogP contribution in [0, 0.1) is 11.3 Å². The fourth-order valence-corrected chi connectivity index (χ4v) is 2.60. The number of nitrogens with zero attached hydrogens (tertiary/aromatic N) is 2. The van der Waals surface area contributed by atoms with E-state index in [1.54, 1.807) is 18.2 Å². The molecular weight excluding hydrogens is 278 g/mol. The van der Waals surface area contributed by atoms with Gasteiger partial charge in [0.05, 0.1) is 17.0 Å². The van der Waals surface area contributed by atoms with Crippen LogP contribution in [-0.4, -0.2) is 28.8 Å². The van der Waals surface area contributed by atoms with Gasteiger partial charge in [-0.25, -0.2) is 0 Å². The number of amides is 2. The number of likely N-dealkylation sites (tertiary alicyclic amines) is 1. The van der Waals surface area contributed by atoms with Crippen molar-refractivity contribution < 1.29 is 9.59 Å². The SMILES string of the molecule is N#Cc1ccc(NC2CC(=O)N(C3CC3)C2=O)cc1Cl. The molecule has 1 aromatic rings. The molecule has 1 heterocycles. The van der Waals surface area contributed by atoms with E-state index in [2.05, 4.69) is 5.32 Å². The number of carbonyl (C=O) groups is 2. The first-order valence-electron chi connectivity index (χ1n) is 6.42. The number of halogens is 1. The van der Waals surface area contributed by atoms with Crippen molar-refractivity contribution in [3.8, 4) is 6.07 Å². The molecule has 20 heavy (non-hydrogen) atoms. The van der Waals surface area contributed by atoms with Gasteiger partial charge in [0.15, 0.2) is 0 Å². The van der Waals surface area contributed by atoms with E-state index in [0.717, 1.165) is 12.8 Å². The van der Waals surface area contributed by atoms with Gasteiger partial charge in [-0.3, -0.25) is 14.5 Å². The third-order valence-corrected chi connectivity index (χ3v) is 3.84. The maximum atomic E-state index is 12.2. The lowest BCUT2D eigenvalue weighted by atomic mass is 10.2. The summed E-state index contributed by atoms with van der Waals surface area (Å²) in [6.07, 6.45) is 1.99. The van der Waals surface area contributed by atoms with Gasteiger partial charge in [-0.1, -0.05) is 11.6 Å². The quantitative estimate of drug-likeness (QED) is 0.863. The zero-order valence-corrected chi connectivity index (χ0v) is 11.4. The number of hydrogen-bond donors (Lipinski definition) is 1. The molecule has 6 heteroatoms. The van der Waals surface area contributed by atoms with E-state index < -0.39 is 6.04 Å². The molecule has 1 aliphatic heterocycles. The highest BCUT2D eigenvalue weighted by atomic mass is 35.5. The summed E-state index contributed by atoms with van der Waals surface area (Å²) >= 11 is 5.94. The molecule has 1 atom stereocenters. The van der Waals surface area contributed by atoms with Crippen molar-refractivity contribution in [3.63, 3.8) is 0 Å². The maximum Gasteiger partial charge on any atom is 0.252 e. The Bertz CT molecular complexity index is 634. The number of benzene rings is 1. The summed E-state index contributed by atoms with van der Waals surface area (Å²) in [5, 5.41) is 12.2. The Kier molecular flexibility index (Phi) is 3.11.